The van der Waals surface area contributed by atoms with E-state index in [9.17, 15) is 19.6 Å². The second kappa shape index (κ2) is 8.06. The second-order valence-electron chi connectivity index (χ2n) is 9.48. The number of Topliss-reactive ketones (excluding diaryl/α,β-unsaturated/α-hetero) is 1. The summed E-state index contributed by atoms with van der Waals surface area (Å²) in [7, 11) is 2.01. The normalized spacial score (nSPS) is 32.0. The second-order valence-corrected chi connectivity index (χ2v) is 9.48. The average Bonchev–Trinajstić information content (AvgIpc) is 3.19. The smallest absolute Gasteiger partial charge is 0.243 e. The molecule has 1 N–H and O–H groups in total. The summed E-state index contributed by atoms with van der Waals surface area (Å²) < 4.78 is 0. The minimum atomic E-state index is -0.669. The number of carbonyl (C=O) groups excluding carboxylic acids is 3. The molecule has 0 bridgehead atoms. The highest BCUT2D eigenvalue weighted by Gasteiger charge is 2.54. The zero-order valence-electron chi connectivity index (χ0n) is 17.4. The quantitative estimate of drug-likeness (QED) is 0.701. The van der Waals surface area contributed by atoms with Crippen LogP contribution in [0.4, 0.5) is 0 Å². The van der Waals surface area contributed by atoms with E-state index in [-0.39, 0.29) is 23.5 Å². The predicted octanol–water partition coefficient (Wildman–Crippen LogP) is 1.62. The van der Waals surface area contributed by atoms with Gasteiger partial charge in [-0.3, -0.25) is 19.3 Å². The van der Waals surface area contributed by atoms with Crippen molar-refractivity contribution < 1.29 is 14.4 Å². The minimum Gasteiger partial charge on any atom is -0.339 e. The van der Waals surface area contributed by atoms with Crippen LogP contribution in [-0.2, 0) is 14.4 Å². The Morgan fingerprint density at radius 2 is 2.00 bits per heavy atom. The van der Waals surface area contributed by atoms with Gasteiger partial charge >= 0.3 is 0 Å². The van der Waals surface area contributed by atoms with Gasteiger partial charge in [0.1, 0.15) is 23.4 Å². The first-order valence-corrected chi connectivity index (χ1v) is 11.2. The molecule has 0 radical (unpaired) electrons. The maximum absolute atomic E-state index is 13.4. The van der Waals surface area contributed by atoms with E-state index in [1.54, 1.807) is 4.90 Å². The fourth-order valence-electron chi connectivity index (χ4n) is 5.56. The molecule has 2 aliphatic carbocycles. The Kier molecular flexibility index (Phi) is 5.65. The first kappa shape index (κ1) is 20.3. The Balaban J connectivity index is 1.45. The van der Waals surface area contributed by atoms with Crippen LogP contribution in [0.1, 0.15) is 64.2 Å². The minimum absolute atomic E-state index is 0.0813. The molecular weight excluding hydrogens is 368 g/mol. The van der Waals surface area contributed by atoms with Gasteiger partial charge in [0.25, 0.3) is 0 Å². The molecular formula is C22H32N4O3. The van der Waals surface area contributed by atoms with Crippen LogP contribution in [0.2, 0.25) is 0 Å². The Morgan fingerprint density at radius 3 is 2.59 bits per heavy atom. The van der Waals surface area contributed by atoms with Crippen LogP contribution >= 0.6 is 0 Å². The highest BCUT2D eigenvalue weighted by molar-refractivity contribution is 5.94. The summed E-state index contributed by atoms with van der Waals surface area (Å²) in [4.78, 5) is 42.4. The van der Waals surface area contributed by atoms with E-state index >= 15 is 0 Å². The molecule has 0 aromatic rings. The SMILES string of the molecule is CN1CCCC12CCN([C@@H](CC1CC1)C(=O)N[C@H](C#N)C[C@@H]1CCCC1=O)C2=O. The molecule has 0 aromatic carbocycles. The Morgan fingerprint density at radius 1 is 1.21 bits per heavy atom. The molecule has 2 amide bonds. The number of nitrogens with one attached hydrogen (secondary N) is 1. The molecule has 1 unspecified atom stereocenters. The van der Waals surface area contributed by atoms with Gasteiger partial charge in [-0.05, 0) is 64.5 Å². The molecule has 29 heavy (non-hydrogen) atoms. The topological polar surface area (TPSA) is 93.5 Å². The highest BCUT2D eigenvalue weighted by atomic mass is 16.2. The molecule has 4 atom stereocenters. The number of amides is 2. The molecule has 2 aliphatic heterocycles. The van der Waals surface area contributed by atoms with Gasteiger partial charge in [-0.2, -0.15) is 5.26 Å². The lowest BCUT2D eigenvalue weighted by atomic mass is 9.94. The summed E-state index contributed by atoms with van der Waals surface area (Å²) in [6.07, 6.45) is 8.19. The average molecular weight is 401 g/mol. The summed E-state index contributed by atoms with van der Waals surface area (Å²) in [5.74, 6) is 0.437. The van der Waals surface area contributed by atoms with Crippen molar-refractivity contribution >= 4 is 17.6 Å². The predicted molar refractivity (Wildman–Crippen MR) is 107 cm³/mol. The monoisotopic (exact) mass is 400 g/mol. The van der Waals surface area contributed by atoms with Crippen molar-refractivity contribution in [3.63, 3.8) is 0 Å². The number of likely N-dealkylation sites (tertiary alicyclic amines) is 2. The van der Waals surface area contributed by atoms with E-state index in [0.29, 0.717) is 31.7 Å². The zero-order chi connectivity index (χ0) is 20.6. The van der Waals surface area contributed by atoms with Crippen LogP contribution < -0.4 is 5.32 Å². The van der Waals surface area contributed by atoms with Crippen LogP contribution in [-0.4, -0.2) is 65.2 Å². The molecule has 2 saturated carbocycles. The fraction of sp³-hybridized carbons (Fsp3) is 0.818. The molecule has 1 spiro atoms. The summed E-state index contributed by atoms with van der Waals surface area (Å²) in [6.45, 7) is 1.53. The number of nitriles is 1. The highest BCUT2D eigenvalue weighted by Crippen LogP contribution is 2.41. The zero-order valence-corrected chi connectivity index (χ0v) is 17.4. The summed E-state index contributed by atoms with van der Waals surface area (Å²) in [6, 6.07) is 0.995. The van der Waals surface area contributed by atoms with Crippen LogP contribution in [0.5, 0.6) is 0 Å². The van der Waals surface area contributed by atoms with Crippen molar-refractivity contribution in [3.05, 3.63) is 0 Å². The number of hydrogen-bond donors (Lipinski definition) is 1. The molecule has 4 aliphatic rings. The maximum Gasteiger partial charge on any atom is 0.243 e. The lowest BCUT2D eigenvalue weighted by Gasteiger charge is -2.33. The Bertz CT molecular complexity index is 728. The lowest BCUT2D eigenvalue weighted by Crippen LogP contribution is -2.55. The van der Waals surface area contributed by atoms with Gasteiger partial charge in [-0.15, -0.1) is 0 Å². The van der Waals surface area contributed by atoms with E-state index in [0.717, 1.165) is 51.5 Å². The Hall–Kier alpha value is -1.94. The van der Waals surface area contributed by atoms with E-state index in [1.807, 2.05) is 7.05 Å². The Labute approximate surface area is 172 Å². The first-order valence-electron chi connectivity index (χ1n) is 11.2. The number of rotatable bonds is 7. The molecule has 4 rings (SSSR count). The van der Waals surface area contributed by atoms with E-state index in [2.05, 4.69) is 16.3 Å². The molecule has 2 heterocycles. The van der Waals surface area contributed by atoms with Crippen LogP contribution in [0.25, 0.3) is 0 Å². The summed E-state index contributed by atoms with van der Waals surface area (Å²) in [5.41, 5.74) is -0.438. The molecule has 4 fully saturated rings. The number of hydrogen-bond acceptors (Lipinski definition) is 5. The van der Waals surface area contributed by atoms with Crippen molar-refractivity contribution in [2.45, 2.75) is 81.8 Å². The van der Waals surface area contributed by atoms with Crippen molar-refractivity contribution in [2.24, 2.45) is 11.8 Å². The third-order valence-corrected chi connectivity index (χ3v) is 7.60. The standard InChI is InChI=1S/C22H32N4O3/c1-25-10-3-8-22(25)9-11-26(21(22)29)18(12-15-6-7-15)20(28)24-17(14-23)13-16-4-2-5-19(16)27/h15-18H,2-13H2,1H3,(H,24,28)/t16-,17-,18-,22?/m0/s1. The van der Waals surface area contributed by atoms with E-state index in [4.69, 9.17) is 0 Å². The van der Waals surface area contributed by atoms with Gasteiger partial charge in [-0.25, -0.2) is 0 Å². The van der Waals surface area contributed by atoms with Crippen molar-refractivity contribution in [1.82, 2.24) is 15.1 Å². The maximum atomic E-state index is 13.4. The molecule has 7 heteroatoms. The van der Waals surface area contributed by atoms with Gasteiger partial charge in [0.2, 0.25) is 11.8 Å². The number of carbonyl (C=O) groups is 3. The number of ketones is 1. The molecule has 158 valence electrons. The van der Waals surface area contributed by atoms with Gasteiger partial charge in [0, 0.05) is 18.9 Å². The van der Waals surface area contributed by atoms with Gasteiger partial charge in [-0.1, -0.05) is 12.8 Å². The van der Waals surface area contributed by atoms with Crippen LogP contribution in [0.3, 0.4) is 0 Å². The van der Waals surface area contributed by atoms with E-state index < -0.39 is 17.6 Å². The van der Waals surface area contributed by atoms with Gasteiger partial charge in [0.05, 0.1) is 6.07 Å². The van der Waals surface area contributed by atoms with Crippen LogP contribution in [0.15, 0.2) is 0 Å². The van der Waals surface area contributed by atoms with Crippen molar-refractivity contribution in [2.75, 3.05) is 20.1 Å². The lowest BCUT2D eigenvalue weighted by molar-refractivity contribution is -0.143. The van der Waals surface area contributed by atoms with E-state index in [1.165, 1.54) is 0 Å². The van der Waals surface area contributed by atoms with Crippen molar-refractivity contribution in [3.8, 4) is 6.07 Å². The third kappa shape index (κ3) is 3.92. The van der Waals surface area contributed by atoms with Gasteiger partial charge < -0.3 is 10.2 Å². The van der Waals surface area contributed by atoms with Crippen molar-refractivity contribution in [1.29, 1.82) is 5.26 Å². The fourth-order valence-corrected chi connectivity index (χ4v) is 5.56. The first-order chi connectivity index (χ1) is 13.9. The molecule has 7 nitrogen and oxygen atoms in total. The van der Waals surface area contributed by atoms with Gasteiger partial charge in [0.15, 0.2) is 0 Å². The third-order valence-electron chi connectivity index (χ3n) is 7.60. The largest absolute Gasteiger partial charge is 0.339 e. The summed E-state index contributed by atoms with van der Waals surface area (Å²) >= 11 is 0. The number of likely N-dealkylation sites (N-methyl/N-ethyl adjacent to an activating group) is 1. The van der Waals surface area contributed by atoms with Crippen LogP contribution in [0, 0.1) is 23.2 Å². The molecule has 0 aromatic heterocycles. The molecule has 2 saturated heterocycles. The number of nitrogens with zero attached hydrogens (tertiary/aromatic N) is 3. The summed E-state index contributed by atoms with van der Waals surface area (Å²) in [5, 5.41) is 12.4.